The van der Waals surface area contributed by atoms with Crippen molar-refractivity contribution in [3.63, 3.8) is 0 Å². The van der Waals surface area contributed by atoms with Crippen LogP contribution in [-0.4, -0.2) is 51.7 Å². The topological polar surface area (TPSA) is 54.5 Å². The van der Waals surface area contributed by atoms with E-state index in [2.05, 4.69) is 10.00 Å². The minimum absolute atomic E-state index is 0.189. The van der Waals surface area contributed by atoms with Crippen LogP contribution in [0.3, 0.4) is 0 Å². The molecule has 0 unspecified atom stereocenters. The first-order chi connectivity index (χ1) is 12.8. The number of carbonyl (C=O) groups is 1. The van der Waals surface area contributed by atoms with E-state index < -0.39 is 0 Å². The molecule has 0 radical (unpaired) electrons. The summed E-state index contributed by atoms with van der Waals surface area (Å²) in [6, 6.07) is 13.8. The second kappa shape index (κ2) is 7.58. The summed E-state index contributed by atoms with van der Waals surface area (Å²) in [5.74, 6) is 1.16. The number of hydrogen-bond acceptors (Lipinski definition) is 4. The number of carbonyl (C=O) groups excluding carboxylic acids is 1. The molecule has 0 saturated carbocycles. The monoisotopic (exact) mass is 350 g/mol. The van der Waals surface area contributed by atoms with Crippen LogP contribution in [0.5, 0.6) is 0 Å². The average Bonchev–Trinajstić information content (AvgIpc) is 3.37. The molecule has 3 aromatic rings. The van der Waals surface area contributed by atoms with Crippen LogP contribution >= 0.6 is 0 Å². The minimum Gasteiger partial charge on any atom is -0.468 e. The lowest BCUT2D eigenvalue weighted by molar-refractivity contribution is -0.132. The van der Waals surface area contributed by atoms with Crippen molar-refractivity contribution in [3.05, 3.63) is 72.4 Å². The van der Waals surface area contributed by atoms with E-state index in [4.69, 9.17) is 4.42 Å². The van der Waals surface area contributed by atoms with Crippen molar-refractivity contribution < 1.29 is 9.21 Å². The number of hydrogen-bond donors (Lipinski definition) is 0. The number of piperazine rings is 1. The lowest BCUT2D eigenvalue weighted by atomic mass is 10.1. The molecule has 0 bridgehead atoms. The van der Waals surface area contributed by atoms with E-state index in [9.17, 15) is 4.79 Å². The summed E-state index contributed by atoms with van der Waals surface area (Å²) in [4.78, 5) is 16.9. The van der Waals surface area contributed by atoms with Crippen molar-refractivity contribution in [3.8, 4) is 5.69 Å². The van der Waals surface area contributed by atoms with Crippen LogP contribution < -0.4 is 0 Å². The lowest BCUT2D eigenvalue weighted by Gasteiger charge is -2.34. The number of amides is 1. The Morgan fingerprint density at radius 1 is 1.04 bits per heavy atom. The number of nitrogens with zero attached hydrogens (tertiary/aromatic N) is 4. The molecule has 1 saturated heterocycles. The van der Waals surface area contributed by atoms with Gasteiger partial charge in [-0.05, 0) is 35.9 Å². The van der Waals surface area contributed by atoms with Gasteiger partial charge in [-0.15, -0.1) is 0 Å². The molecule has 1 aliphatic heterocycles. The molecule has 6 nitrogen and oxygen atoms in total. The fraction of sp³-hybridized carbons (Fsp3) is 0.300. The Bertz CT molecular complexity index is 817. The van der Waals surface area contributed by atoms with Crippen LogP contribution in [0, 0.1) is 0 Å². The van der Waals surface area contributed by atoms with E-state index in [0.717, 1.165) is 49.7 Å². The quantitative estimate of drug-likeness (QED) is 0.709. The van der Waals surface area contributed by atoms with Gasteiger partial charge in [0.1, 0.15) is 5.76 Å². The van der Waals surface area contributed by atoms with Crippen molar-refractivity contribution in [1.82, 2.24) is 19.6 Å². The van der Waals surface area contributed by atoms with Crippen LogP contribution in [-0.2, 0) is 17.8 Å². The van der Waals surface area contributed by atoms with E-state index in [0.29, 0.717) is 6.42 Å². The van der Waals surface area contributed by atoms with Crippen molar-refractivity contribution in [2.45, 2.75) is 13.0 Å². The van der Waals surface area contributed by atoms with E-state index in [1.807, 2.05) is 58.2 Å². The second-order valence-corrected chi connectivity index (χ2v) is 6.53. The third kappa shape index (κ3) is 3.86. The Labute approximate surface area is 152 Å². The highest BCUT2D eigenvalue weighted by Gasteiger charge is 2.21. The first kappa shape index (κ1) is 16.6. The van der Waals surface area contributed by atoms with Crippen LogP contribution in [0.25, 0.3) is 5.69 Å². The highest BCUT2D eigenvalue weighted by molar-refractivity contribution is 5.79. The molecular weight excluding hydrogens is 328 g/mol. The smallest absolute Gasteiger partial charge is 0.227 e. The first-order valence-electron chi connectivity index (χ1n) is 8.89. The van der Waals surface area contributed by atoms with Crippen molar-refractivity contribution in [2.75, 3.05) is 26.2 Å². The van der Waals surface area contributed by atoms with Crippen molar-refractivity contribution >= 4 is 5.91 Å². The molecular formula is C20H22N4O2. The standard InChI is InChI=1S/C20H22N4O2/c25-20(15-17-4-6-18(7-5-17)24-9-2-8-21-24)23-12-10-22(11-13-23)16-19-3-1-14-26-19/h1-9,14H,10-13,15-16H2. The highest BCUT2D eigenvalue weighted by atomic mass is 16.3. The van der Waals surface area contributed by atoms with Crippen LogP contribution in [0.2, 0.25) is 0 Å². The summed E-state index contributed by atoms with van der Waals surface area (Å²) in [6.45, 7) is 4.11. The molecule has 2 aromatic heterocycles. The van der Waals surface area contributed by atoms with Gasteiger partial charge in [-0.2, -0.15) is 5.10 Å². The van der Waals surface area contributed by atoms with E-state index in [1.54, 1.807) is 12.5 Å². The zero-order valence-corrected chi connectivity index (χ0v) is 14.6. The zero-order chi connectivity index (χ0) is 17.8. The van der Waals surface area contributed by atoms with Crippen molar-refractivity contribution in [1.29, 1.82) is 0 Å². The van der Waals surface area contributed by atoms with Crippen molar-refractivity contribution in [2.24, 2.45) is 0 Å². The van der Waals surface area contributed by atoms with Gasteiger partial charge < -0.3 is 9.32 Å². The molecule has 0 spiro atoms. The maximum Gasteiger partial charge on any atom is 0.227 e. The van der Waals surface area contributed by atoms with Gasteiger partial charge >= 0.3 is 0 Å². The number of rotatable bonds is 5. The second-order valence-electron chi connectivity index (χ2n) is 6.53. The molecule has 0 atom stereocenters. The Morgan fingerprint density at radius 2 is 1.85 bits per heavy atom. The average molecular weight is 350 g/mol. The van der Waals surface area contributed by atoms with Gasteiger partial charge in [0.05, 0.1) is 24.9 Å². The minimum atomic E-state index is 0.189. The van der Waals surface area contributed by atoms with Gasteiger partial charge in [0.2, 0.25) is 5.91 Å². The molecule has 1 aromatic carbocycles. The zero-order valence-electron chi connectivity index (χ0n) is 14.6. The molecule has 4 rings (SSSR count). The largest absolute Gasteiger partial charge is 0.468 e. The highest BCUT2D eigenvalue weighted by Crippen LogP contribution is 2.13. The summed E-state index contributed by atoms with van der Waals surface area (Å²) in [7, 11) is 0. The summed E-state index contributed by atoms with van der Waals surface area (Å²) < 4.78 is 7.21. The van der Waals surface area contributed by atoms with Crippen LogP contribution in [0.4, 0.5) is 0 Å². The molecule has 3 heterocycles. The van der Waals surface area contributed by atoms with Crippen LogP contribution in [0.1, 0.15) is 11.3 Å². The summed E-state index contributed by atoms with van der Waals surface area (Å²) in [5, 5.41) is 4.21. The van der Waals surface area contributed by atoms with Crippen LogP contribution in [0.15, 0.2) is 65.5 Å². The van der Waals surface area contributed by atoms with Gasteiger partial charge in [0, 0.05) is 38.6 Å². The molecule has 6 heteroatoms. The molecule has 1 aliphatic rings. The Kier molecular flexibility index (Phi) is 4.84. The van der Waals surface area contributed by atoms with Gasteiger partial charge in [0.25, 0.3) is 0 Å². The molecule has 1 amide bonds. The lowest BCUT2D eigenvalue weighted by Crippen LogP contribution is -2.48. The molecule has 134 valence electrons. The first-order valence-corrected chi connectivity index (χ1v) is 8.89. The fourth-order valence-corrected chi connectivity index (χ4v) is 3.25. The number of benzene rings is 1. The molecule has 26 heavy (non-hydrogen) atoms. The maximum atomic E-state index is 12.6. The summed E-state index contributed by atoms with van der Waals surface area (Å²) in [6.07, 6.45) is 5.80. The molecule has 0 N–H and O–H groups in total. The van der Waals surface area contributed by atoms with E-state index in [1.165, 1.54) is 0 Å². The SMILES string of the molecule is O=C(Cc1ccc(-n2cccn2)cc1)N1CCN(Cc2ccco2)CC1. The number of aromatic nitrogens is 2. The predicted octanol–water partition coefficient (Wildman–Crippen LogP) is 2.35. The van der Waals surface area contributed by atoms with E-state index in [-0.39, 0.29) is 5.91 Å². The normalized spacial score (nSPS) is 15.3. The Morgan fingerprint density at radius 3 is 2.50 bits per heavy atom. The van der Waals surface area contributed by atoms with Gasteiger partial charge in [0.15, 0.2) is 0 Å². The fourth-order valence-electron chi connectivity index (χ4n) is 3.25. The van der Waals surface area contributed by atoms with Gasteiger partial charge in [-0.3, -0.25) is 9.69 Å². The van der Waals surface area contributed by atoms with E-state index >= 15 is 0 Å². The third-order valence-electron chi connectivity index (χ3n) is 4.75. The Balaban J connectivity index is 1.28. The molecule has 0 aliphatic carbocycles. The third-order valence-corrected chi connectivity index (χ3v) is 4.75. The summed E-state index contributed by atoms with van der Waals surface area (Å²) >= 11 is 0. The molecule has 1 fully saturated rings. The maximum absolute atomic E-state index is 12.6. The number of furan rings is 1. The predicted molar refractivity (Wildman–Crippen MR) is 97.8 cm³/mol. The van der Waals surface area contributed by atoms with Gasteiger partial charge in [-0.25, -0.2) is 4.68 Å². The van der Waals surface area contributed by atoms with Gasteiger partial charge in [-0.1, -0.05) is 12.1 Å². The summed E-state index contributed by atoms with van der Waals surface area (Å²) in [5.41, 5.74) is 2.03. The Hall–Kier alpha value is -2.86.